The zero-order valence-corrected chi connectivity index (χ0v) is 12.6. The first-order valence-corrected chi connectivity index (χ1v) is 7.67. The summed E-state index contributed by atoms with van der Waals surface area (Å²) in [7, 11) is -3.68. The molecule has 0 heterocycles. The van der Waals surface area contributed by atoms with Gasteiger partial charge in [0.2, 0.25) is 10.0 Å². The topological polar surface area (TPSA) is 92.4 Å². The summed E-state index contributed by atoms with van der Waals surface area (Å²) in [5, 5.41) is 9.23. The van der Waals surface area contributed by atoms with Crippen molar-refractivity contribution < 1.29 is 13.5 Å². The summed E-state index contributed by atoms with van der Waals surface area (Å²) in [4.78, 5) is 0.170. The van der Waals surface area contributed by atoms with E-state index in [1.54, 1.807) is 13.0 Å². The molecule has 0 fully saturated rings. The molecule has 1 aromatic carbocycles. The van der Waals surface area contributed by atoms with Crippen molar-refractivity contribution in [2.45, 2.75) is 38.6 Å². The number of aryl methyl sites for hydroxylation is 1. The Kier molecular flexibility index (Phi) is 4.95. The third kappa shape index (κ3) is 3.68. The molecule has 0 saturated carbocycles. The second-order valence-electron chi connectivity index (χ2n) is 5.12. The number of hydrogen-bond donors (Lipinski definition) is 3. The van der Waals surface area contributed by atoms with Crippen LogP contribution in [0, 0.1) is 19.8 Å². The van der Waals surface area contributed by atoms with Crippen LogP contribution in [0.4, 0.5) is 5.69 Å². The smallest absolute Gasteiger partial charge is 0.241 e. The minimum atomic E-state index is -3.68. The number of nitrogens with one attached hydrogen (secondary N) is 1. The molecule has 1 aromatic rings. The predicted octanol–water partition coefficient (Wildman–Crippen LogP) is 1.18. The highest BCUT2D eigenvalue weighted by atomic mass is 32.2. The fraction of sp³-hybridized carbons (Fsp3) is 0.538. The lowest BCUT2D eigenvalue weighted by atomic mass is 10.1. The Labute approximate surface area is 114 Å². The summed E-state index contributed by atoms with van der Waals surface area (Å²) in [6, 6.07) is 2.67. The fourth-order valence-corrected chi connectivity index (χ4v) is 3.51. The molecule has 0 aliphatic heterocycles. The minimum Gasteiger partial charge on any atom is -0.399 e. The zero-order chi connectivity index (χ0) is 14.8. The van der Waals surface area contributed by atoms with Gasteiger partial charge in [-0.15, -0.1) is 0 Å². The first kappa shape index (κ1) is 15.9. The number of hydrogen-bond acceptors (Lipinski definition) is 4. The van der Waals surface area contributed by atoms with E-state index in [2.05, 4.69) is 4.72 Å². The first-order chi connectivity index (χ1) is 8.69. The van der Waals surface area contributed by atoms with E-state index in [9.17, 15) is 13.5 Å². The Morgan fingerprint density at radius 1 is 1.32 bits per heavy atom. The third-order valence-corrected chi connectivity index (χ3v) is 4.86. The largest absolute Gasteiger partial charge is 0.399 e. The van der Waals surface area contributed by atoms with E-state index in [0.717, 1.165) is 5.56 Å². The summed E-state index contributed by atoms with van der Waals surface area (Å²) < 4.78 is 27.2. The highest BCUT2D eigenvalue weighted by molar-refractivity contribution is 7.89. The van der Waals surface area contributed by atoms with Gasteiger partial charge in [0.15, 0.2) is 0 Å². The van der Waals surface area contributed by atoms with Gasteiger partial charge in [-0.25, -0.2) is 13.1 Å². The summed E-state index contributed by atoms with van der Waals surface area (Å²) in [5.41, 5.74) is 7.61. The molecule has 0 amide bonds. The molecule has 0 aliphatic carbocycles. The van der Waals surface area contributed by atoms with Crippen LogP contribution in [-0.4, -0.2) is 26.2 Å². The summed E-state index contributed by atoms with van der Waals surface area (Å²) in [6.07, 6.45) is 0. The predicted molar refractivity (Wildman–Crippen MR) is 76.4 cm³/mol. The van der Waals surface area contributed by atoms with Crippen molar-refractivity contribution in [3.05, 3.63) is 23.3 Å². The number of aliphatic hydroxyl groups excluding tert-OH is 1. The molecule has 19 heavy (non-hydrogen) atoms. The average Bonchev–Trinajstić information content (AvgIpc) is 2.30. The van der Waals surface area contributed by atoms with Crippen molar-refractivity contribution in [2.24, 2.45) is 5.92 Å². The maximum absolute atomic E-state index is 12.4. The molecule has 1 rings (SSSR count). The lowest BCUT2D eigenvalue weighted by Gasteiger charge is -2.21. The quantitative estimate of drug-likeness (QED) is 0.709. The Balaban J connectivity index is 3.21. The van der Waals surface area contributed by atoms with Crippen LogP contribution in [0.2, 0.25) is 0 Å². The number of anilines is 1. The van der Waals surface area contributed by atoms with E-state index in [4.69, 9.17) is 5.73 Å². The molecule has 0 aliphatic rings. The molecular formula is C13H22N2O3S. The van der Waals surface area contributed by atoms with Crippen LogP contribution in [0.5, 0.6) is 0 Å². The van der Waals surface area contributed by atoms with Crippen molar-refractivity contribution >= 4 is 15.7 Å². The number of rotatable bonds is 5. The van der Waals surface area contributed by atoms with Crippen LogP contribution in [0.25, 0.3) is 0 Å². The lowest BCUT2D eigenvalue weighted by molar-refractivity contribution is 0.227. The minimum absolute atomic E-state index is 0.00207. The van der Waals surface area contributed by atoms with Crippen LogP contribution in [0.3, 0.4) is 0 Å². The van der Waals surface area contributed by atoms with Gasteiger partial charge in [0, 0.05) is 11.7 Å². The Hall–Kier alpha value is -1.11. The summed E-state index contributed by atoms with van der Waals surface area (Å²) >= 11 is 0. The van der Waals surface area contributed by atoms with E-state index in [-0.39, 0.29) is 17.4 Å². The number of aliphatic hydroxyl groups is 1. The monoisotopic (exact) mass is 286 g/mol. The van der Waals surface area contributed by atoms with Crippen molar-refractivity contribution in [1.82, 2.24) is 4.72 Å². The van der Waals surface area contributed by atoms with Gasteiger partial charge in [0.1, 0.15) is 0 Å². The van der Waals surface area contributed by atoms with Crippen LogP contribution in [0.1, 0.15) is 25.0 Å². The normalized spacial score (nSPS) is 13.8. The van der Waals surface area contributed by atoms with Crippen LogP contribution >= 0.6 is 0 Å². The van der Waals surface area contributed by atoms with Crippen molar-refractivity contribution in [3.8, 4) is 0 Å². The Morgan fingerprint density at radius 2 is 1.89 bits per heavy atom. The molecule has 0 bridgehead atoms. The van der Waals surface area contributed by atoms with Crippen molar-refractivity contribution in [2.75, 3.05) is 12.3 Å². The van der Waals surface area contributed by atoms with Crippen LogP contribution < -0.4 is 10.5 Å². The number of nitrogen functional groups attached to an aromatic ring is 1. The van der Waals surface area contributed by atoms with E-state index in [1.807, 2.05) is 20.8 Å². The molecule has 108 valence electrons. The highest BCUT2D eigenvalue weighted by Gasteiger charge is 2.24. The average molecular weight is 286 g/mol. The van der Waals surface area contributed by atoms with Gasteiger partial charge in [-0.1, -0.05) is 13.8 Å². The third-order valence-electron chi connectivity index (χ3n) is 3.24. The van der Waals surface area contributed by atoms with Crippen LogP contribution in [0.15, 0.2) is 17.0 Å². The molecule has 4 N–H and O–H groups in total. The van der Waals surface area contributed by atoms with Gasteiger partial charge in [-0.2, -0.15) is 0 Å². The highest BCUT2D eigenvalue weighted by Crippen LogP contribution is 2.22. The Bertz CT molecular complexity index is 553. The van der Waals surface area contributed by atoms with Gasteiger partial charge in [0.25, 0.3) is 0 Å². The molecule has 0 spiro atoms. The van der Waals surface area contributed by atoms with Gasteiger partial charge >= 0.3 is 0 Å². The standard InChI is InChI=1S/C13H22N2O3S/c1-8(2)12(7-16)15-19(17,18)13-6-11(14)5-9(3)10(13)4/h5-6,8,12,15-16H,7,14H2,1-4H3/t12-/m1/s1. The van der Waals surface area contributed by atoms with Gasteiger partial charge in [0.05, 0.1) is 11.5 Å². The molecular weight excluding hydrogens is 264 g/mol. The number of sulfonamides is 1. The summed E-state index contributed by atoms with van der Waals surface area (Å²) in [5.74, 6) is 0.00207. The van der Waals surface area contributed by atoms with E-state index in [0.29, 0.717) is 11.3 Å². The molecule has 0 radical (unpaired) electrons. The lowest BCUT2D eigenvalue weighted by Crippen LogP contribution is -2.41. The first-order valence-electron chi connectivity index (χ1n) is 6.19. The second-order valence-corrected chi connectivity index (χ2v) is 6.80. The fourth-order valence-electron chi connectivity index (χ4n) is 1.78. The molecule has 0 aromatic heterocycles. The Morgan fingerprint density at radius 3 is 2.37 bits per heavy atom. The van der Waals surface area contributed by atoms with Crippen LogP contribution in [-0.2, 0) is 10.0 Å². The van der Waals surface area contributed by atoms with Crippen molar-refractivity contribution in [3.63, 3.8) is 0 Å². The number of nitrogens with two attached hydrogens (primary N) is 1. The molecule has 0 unspecified atom stereocenters. The van der Waals surface area contributed by atoms with E-state index in [1.165, 1.54) is 6.07 Å². The van der Waals surface area contributed by atoms with Gasteiger partial charge < -0.3 is 10.8 Å². The number of benzene rings is 1. The maximum Gasteiger partial charge on any atom is 0.241 e. The maximum atomic E-state index is 12.4. The van der Waals surface area contributed by atoms with Crippen molar-refractivity contribution in [1.29, 1.82) is 0 Å². The van der Waals surface area contributed by atoms with E-state index < -0.39 is 16.1 Å². The summed E-state index contributed by atoms with van der Waals surface area (Å²) in [6.45, 7) is 7.02. The van der Waals surface area contributed by atoms with Gasteiger partial charge in [-0.05, 0) is 43.0 Å². The molecule has 1 atom stereocenters. The van der Waals surface area contributed by atoms with E-state index >= 15 is 0 Å². The van der Waals surface area contributed by atoms with Gasteiger partial charge in [-0.3, -0.25) is 0 Å². The molecule has 0 saturated heterocycles. The second kappa shape index (κ2) is 5.90. The molecule has 5 nitrogen and oxygen atoms in total. The SMILES string of the molecule is Cc1cc(N)cc(S(=O)(=O)N[C@H](CO)C(C)C)c1C. The zero-order valence-electron chi connectivity index (χ0n) is 11.8. The molecule has 6 heteroatoms.